The Labute approximate surface area is 84.3 Å². The summed E-state index contributed by atoms with van der Waals surface area (Å²) in [5.41, 5.74) is 1.39. The first-order valence-electron chi connectivity index (χ1n) is 4.40. The third kappa shape index (κ3) is 3.64. The lowest BCUT2D eigenvalue weighted by Gasteiger charge is -2.01. The molecule has 13 heavy (non-hydrogen) atoms. The van der Waals surface area contributed by atoms with Gasteiger partial charge in [0.2, 0.25) is 0 Å². The molecular formula is C11H15NS. The van der Waals surface area contributed by atoms with Gasteiger partial charge < -0.3 is 0 Å². The molecule has 1 aromatic rings. The van der Waals surface area contributed by atoms with Crippen molar-refractivity contribution in [1.82, 2.24) is 0 Å². The fraction of sp³-hybridized carbons (Fsp3) is 0.364. The second-order valence-corrected chi connectivity index (χ2v) is 3.69. The highest BCUT2D eigenvalue weighted by molar-refractivity contribution is 8.13. The Balaban J connectivity index is 2.43. The molecule has 0 spiro atoms. The Morgan fingerprint density at radius 3 is 2.54 bits per heavy atom. The molecule has 0 aromatic heterocycles. The molecule has 0 saturated heterocycles. The SMILES string of the molecule is CN=C(CCc1ccccc1)SC. The van der Waals surface area contributed by atoms with Crippen molar-refractivity contribution in [3.63, 3.8) is 0 Å². The first-order chi connectivity index (χ1) is 6.36. The molecule has 0 fully saturated rings. The van der Waals surface area contributed by atoms with Crippen LogP contribution in [0.2, 0.25) is 0 Å². The van der Waals surface area contributed by atoms with Gasteiger partial charge >= 0.3 is 0 Å². The van der Waals surface area contributed by atoms with Gasteiger partial charge in [-0.2, -0.15) is 0 Å². The summed E-state index contributed by atoms with van der Waals surface area (Å²) in [5.74, 6) is 0. The molecule has 0 amide bonds. The number of hydrogen-bond donors (Lipinski definition) is 0. The van der Waals surface area contributed by atoms with E-state index < -0.39 is 0 Å². The van der Waals surface area contributed by atoms with Crippen LogP contribution in [-0.4, -0.2) is 18.3 Å². The van der Waals surface area contributed by atoms with Gasteiger partial charge in [-0.25, -0.2) is 0 Å². The second kappa shape index (κ2) is 5.81. The third-order valence-corrected chi connectivity index (χ3v) is 2.81. The minimum Gasteiger partial charge on any atom is -0.286 e. The molecule has 0 atom stereocenters. The summed E-state index contributed by atoms with van der Waals surface area (Å²) in [4.78, 5) is 4.20. The van der Waals surface area contributed by atoms with E-state index in [-0.39, 0.29) is 0 Å². The van der Waals surface area contributed by atoms with E-state index in [1.165, 1.54) is 10.6 Å². The number of aryl methyl sites for hydroxylation is 1. The highest BCUT2D eigenvalue weighted by atomic mass is 32.2. The van der Waals surface area contributed by atoms with Crippen LogP contribution >= 0.6 is 11.8 Å². The maximum atomic E-state index is 4.20. The Hall–Kier alpha value is -0.760. The molecule has 0 unspecified atom stereocenters. The molecule has 0 aliphatic heterocycles. The quantitative estimate of drug-likeness (QED) is 0.531. The zero-order valence-corrected chi connectivity index (χ0v) is 8.97. The lowest BCUT2D eigenvalue weighted by molar-refractivity contribution is 1.05. The minimum atomic E-state index is 1.06. The van der Waals surface area contributed by atoms with E-state index in [9.17, 15) is 0 Å². The Morgan fingerprint density at radius 2 is 2.00 bits per heavy atom. The fourth-order valence-corrected chi connectivity index (χ4v) is 1.69. The average molecular weight is 193 g/mol. The molecule has 1 rings (SSSR count). The van der Waals surface area contributed by atoms with Crippen LogP contribution in [0.3, 0.4) is 0 Å². The van der Waals surface area contributed by atoms with Crippen molar-refractivity contribution in [3.8, 4) is 0 Å². The summed E-state index contributed by atoms with van der Waals surface area (Å²) < 4.78 is 0. The predicted molar refractivity (Wildman–Crippen MR) is 61.6 cm³/mol. The van der Waals surface area contributed by atoms with Crippen LogP contribution in [0.15, 0.2) is 35.3 Å². The van der Waals surface area contributed by atoms with Gasteiger partial charge in [0.1, 0.15) is 0 Å². The fourth-order valence-electron chi connectivity index (χ4n) is 1.20. The van der Waals surface area contributed by atoms with Gasteiger partial charge in [-0.3, -0.25) is 4.99 Å². The van der Waals surface area contributed by atoms with Gasteiger partial charge in [-0.05, 0) is 24.7 Å². The van der Waals surface area contributed by atoms with E-state index in [0.717, 1.165) is 12.8 Å². The Bertz CT molecular complexity index is 267. The van der Waals surface area contributed by atoms with E-state index in [1.807, 2.05) is 13.1 Å². The van der Waals surface area contributed by atoms with Crippen LogP contribution in [0.5, 0.6) is 0 Å². The molecule has 0 N–H and O–H groups in total. The van der Waals surface area contributed by atoms with Crippen LogP contribution < -0.4 is 0 Å². The Morgan fingerprint density at radius 1 is 1.31 bits per heavy atom. The summed E-state index contributed by atoms with van der Waals surface area (Å²) in [5, 5.41) is 1.23. The van der Waals surface area contributed by atoms with Crippen molar-refractivity contribution in [1.29, 1.82) is 0 Å². The number of aliphatic imine (C=N–C) groups is 1. The molecular weight excluding hydrogens is 178 g/mol. The van der Waals surface area contributed by atoms with Gasteiger partial charge in [0.25, 0.3) is 0 Å². The van der Waals surface area contributed by atoms with Gasteiger partial charge in [-0.1, -0.05) is 30.3 Å². The van der Waals surface area contributed by atoms with Crippen molar-refractivity contribution >= 4 is 16.8 Å². The van der Waals surface area contributed by atoms with E-state index >= 15 is 0 Å². The topological polar surface area (TPSA) is 12.4 Å². The van der Waals surface area contributed by atoms with Crippen LogP contribution in [0.4, 0.5) is 0 Å². The third-order valence-electron chi connectivity index (χ3n) is 1.96. The molecule has 0 radical (unpaired) electrons. The van der Waals surface area contributed by atoms with Crippen molar-refractivity contribution in [2.24, 2.45) is 4.99 Å². The number of benzene rings is 1. The zero-order chi connectivity index (χ0) is 9.52. The predicted octanol–water partition coefficient (Wildman–Crippen LogP) is 3.01. The normalized spacial score (nSPS) is 11.7. The first-order valence-corrected chi connectivity index (χ1v) is 5.63. The number of thioether (sulfide) groups is 1. The standard InChI is InChI=1S/C11H15NS/c1-12-11(13-2)9-8-10-6-4-3-5-7-10/h3-7H,8-9H2,1-2H3. The number of hydrogen-bond acceptors (Lipinski definition) is 2. The van der Waals surface area contributed by atoms with Crippen LogP contribution in [0, 0.1) is 0 Å². The monoisotopic (exact) mass is 193 g/mol. The molecule has 2 heteroatoms. The van der Waals surface area contributed by atoms with Gasteiger partial charge in [0.15, 0.2) is 0 Å². The number of rotatable bonds is 3. The Kier molecular flexibility index (Phi) is 4.61. The van der Waals surface area contributed by atoms with Crippen LogP contribution in [0.25, 0.3) is 0 Å². The van der Waals surface area contributed by atoms with Crippen LogP contribution in [0.1, 0.15) is 12.0 Å². The summed E-state index contributed by atoms with van der Waals surface area (Å²) in [6.45, 7) is 0. The molecule has 70 valence electrons. The van der Waals surface area contributed by atoms with Crippen molar-refractivity contribution in [2.45, 2.75) is 12.8 Å². The summed E-state index contributed by atoms with van der Waals surface area (Å²) in [6, 6.07) is 10.5. The molecule has 1 nitrogen and oxygen atoms in total. The minimum absolute atomic E-state index is 1.06. The molecule has 0 heterocycles. The summed E-state index contributed by atoms with van der Waals surface area (Å²) in [6.07, 6.45) is 4.23. The van der Waals surface area contributed by atoms with E-state index in [2.05, 4.69) is 35.5 Å². The highest BCUT2D eigenvalue weighted by Gasteiger charge is 1.96. The maximum Gasteiger partial charge on any atom is 0.0673 e. The second-order valence-electron chi connectivity index (χ2n) is 2.81. The lowest BCUT2D eigenvalue weighted by Crippen LogP contribution is -1.94. The molecule has 0 saturated carbocycles. The van der Waals surface area contributed by atoms with Crippen molar-refractivity contribution in [2.75, 3.05) is 13.3 Å². The van der Waals surface area contributed by atoms with E-state index in [1.54, 1.807) is 11.8 Å². The largest absolute Gasteiger partial charge is 0.286 e. The number of nitrogens with zero attached hydrogens (tertiary/aromatic N) is 1. The highest BCUT2D eigenvalue weighted by Crippen LogP contribution is 2.08. The van der Waals surface area contributed by atoms with Crippen molar-refractivity contribution in [3.05, 3.63) is 35.9 Å². The van der Waals surface area contributed by atoms with E-state index in [4.69, 9.17) is 0 Å². The lowest BCUT2D eigenvalue weighted by atomic mass is 10.1. The van der Waals surface area contributed by atoms with E-state index in [0.29, 0.717) is 0 Å². The van der Waals surface area contributed by atoms with Crippen molar-refractivity contribution < 1.29 is 0 Å². The molecule has 0 aliphatic rings. The zero-order valence-electron chi connectivity index (χ0n) is 8.16. The summed E-state index contributed by atoms with van der Waals surface area (Å²) in [7, 11) is 1.86. The maximum absolute atomic E-state index is 4.20. The summed E-state index contributed by atoms with van der Waals surface area (Å²) >= 11 is 1.74. The molecule has 0 aliphatic carbocycles. The molecule has 0 bridgehead atoms. The first kappa shape index (κ1) is 10.3. The smallest absolute Gasteiger partial charge is 0.0673 e. The van der Waals surface area contributed by atoms with Gasteiger partial charge in [0, 0.05) is 7.05 Å². The average Bonchev–Trinajstić information content (AvgIpc) is 2.21. The van der Waals surface area contributed by atoms with Gasteiger partial charge in [0.05, 0.1) is 5.04 Å². The molecule has 1 aromatic carbocycles. The van der Waals surface area contributed by atoms with Crippen LogP contribution in [-0.2, 0) is 6.42 Å². The van der Waals surface area contributed by atoms with Gasteiger partial charge in [-0.15, -0.1) is 11.8 Å².